The van der Waals surface area contributed by atoms with Gasteiger partial charge < -0.3 is 5.32 Å². The minimum atomic E-state index is -0.162. The first-order valence-corrected chi connectivity index (χ1v) is 12.8. The number of nitrogens with one attached hydrogen (secondary N) is 1. The molecule has 0 spiro atoms. The third-order valence-electron chi connectivity index (χ3n) is 6.77. The number of carbonyl (C=O) groups is 1. The van der Waals surface area contributed by atoms with Crippen LogP contribution in [0.1, 0.15) is 83.2 Å². The van der Waals surface area contributed by atoms with Crippen molar-refractivity contribution in [3.8, 4) is 0 Å². The minimum Gasteiger partial charge on any atom is -0.319 e. The summed E-state index contributed by atoms with van der Waals surface area (Å²) in [4.78, 5) is 18.6. The molecule has 0 atom stereocenters. The van der Waals surface area contributed by atoms with Crippen molar-refractivity contribution in [2.24, 2.45) is 0 Å². The molecule has 0 aliphatic heterocycles. The van der Waals surface area contributed by atoms with E-state index in [0.717, 1.165) is 68.2 Å². The second kappa shape index (κ2) is 8.58. The molecular formula is C25H31BrN8O. The van der Waals surface area contributed by atoms with Gasteiger partial charge in [0, 0.05) is 17.7 Å². The molecule has 9 nitrogen and oxygen atoms in total. The molecule has 1 amide bonds. The van der Waals surface area contributed by atoms with Crippen molar-refractivity contribution < 1.29 is 4.79 Å². The van der Waals surface area contributed by atoms with Gasteiger partial charge in [0.2, 0.25) is 0 Å². The van der Waals surface area contributed by atoms with Gasteiger partial charge in [0.1, 0.15) is 6.67 Å². The summed E-state index contributed by atoms with van der Waals surface area (Å²) in [5, 5.41) is 18.0. The largest absolute Gasteiger partial charge is 0.319 e. The first kappa shape index (κ1) is 23.7. The van der Waals surface area contributed by atoms with Crippen molar-refractivity contribution in [1.29, 1.82) is 0 Å². The smallest absolute Gasteiger partial charge is 0.256 e. The van der Waals surface area contributed by atoms with Crippen LogP contribution in [0, 0.1) is 34.6 Å². The van der Waals surface area contributed by atoms with E-state index in [2.05, 4.69) is 40.2 Å². The van der Waals surface area contributed by atoms with Gasteiger partial charge in [0.25, 0.3) is 5.91 Å². The summed E-state index contributed by atoms with van der Waals surface area (Å²) in [5.74, 6) is 0.262. The van der Waals surface area contributed by atoms with E-state index in [0.29, 0.717) is 18.2 Å². The second-order valence-electron chi connectivity index (χ2n) is 9.82. The summed E-state index contributed by atoms with van der Waals surface area (Å²) < 4.78 is 6.70. The van der Waals surface area contributed by atoms with Gasteiger partial charge in [-0.15, -0.1) is 0 Å². The predicted octanol–water partition coefficient (Wildman–Crippen LogP) is 5.35. The Labute approximate surface area is 213 Å². The fraction of sp³-hybridized carbons (Fsp3) is 0.480. The highest BCUT2D eigenvalue weighted by atomic mass is 79.9. The number of pyridine rings is 1. The lowest BCUT2D eigenvalue weighted by atomic mass is 10.1. The van der Waals surface area contributed by atoms with Gasteiger partial charge in [-0.3, -0.25) is 4.79 Å². The molecular weight excluding hydrogens is 508 g/mol. The standard InChI is InChI=1S/C25H31BrN8O/c1-12(2)34-24-21(13(3)31-34)19(10-20(27-24)18-8-9-18)25(35)28-23-15(5)30-33(17(23)7)11-32-16(6)22(26)14(4)29-32/h10,12,18H,8-9,11H2,1-7H3,(H,28,35). The highest BCUT2D eigenvalue weighted by molar-refractivity contribution is 9.10. The van der Waals surface area contributed by atoms with Gasteiger partial charge in [-0.1, -0.05) is 0 Å². The number of halogens is 1. The van der Waals surface area contributed by atoms with Crippen molar-refractivity contribution in [3.63, 3.8) is 0 Å². The molecule has 0 aromatic carbocycles. The normalized spacial score (nSPS) is 13.9. The summed E-state index contributed by atoms with van der Waals surface area (Å²) in [6.07, 6.45) is 2.23. The van der Waals surface area contributed by atoms with Crippen LogP contribution in [0.25, 0.3) is 11.0 Å². The Bertz CT molecular complexity index is 1470. The lowest BCUT2D eigenvalue weighted by molar-refractivity contribution is 0.102. The Kier molecular flexibility index (Phi) is 5.82. The monoisotopic (exact) mass is 538 g/mol. The maximum Gasteiger partial charge on any atom is 0.256 e. The first-order chi connectivity index (χ1) is 16.6. The van der Waals surface area contributed by atoms with E-state index in [-0.39, 0.29) is 11.9 Å². The van der Waals surface area contributed by atoms with Gasteiger partial charge >= 0.3 is 0 Å². The molecule has 5 rings (SSSR count). The topological polar surface area (TPSA) is 95.5 Å². The summed E-state index contributed by atoms with van der Waals surface area (Å²) >= 11 is 3.58. The highest BCUT2D eigenvalue weighted by Crippen LogP contribution is 2.41. The zero-order valence-electron chi connectivity index (χ0n) is 21.3. The summed E-state index contributed by atoms with van der Waals surface area (Å²) in [6.45, 7) is 14.4. The van der Waals surface area contributed by atoms with Crippen LogP contribution in [0.15, 0.2) is 10.5 Å². The van der Waals surface area contributed by atoms with Crippen molar-refractivity contribution >= 4 is 38.6 Å². The van der Waals surface area contributed by atoms with Crippen molar-refractivity contribution in [1.82, 2.24) is 34.3 Å². The zero-order valence-corrected chi connectivity index (χ0v) is 22.9. The third kappa shape index (κ3) is 4.07. The van der Waals surface area contributed by atoms with Crippen LogP contribution >= 0.6 is 15.9 Å². The maximum atomic E-state index is 13.7. The molecule has 1 fully saturated rings. The molecule has 4 aromatic rings. The quantitative estimate of drug-likeness (QED) is 0.357. The zero-order chi connectivity index (χ0) is 25.2. The molecule has 1 aliphatic carbocycles. The van der Waals surface area contributed by atoms with E-state index in [1.165, 1.54) is 0 Å². The lowest BCUT2D eigenvalue weighted by Gasteiger charge is -2.11. The molecule has 0 bridgehead atoms. The molecule has 1 aliphatic rings. The number of nitrogens with zero attached hydrogens (tertiary/aromatic N) is 7. The van der Waals surface area contributed by atoms with Crippen LogP contribution in [-0.2, 0) is 6.67 Å². The number of anilines is 1. The van der Waals surface area contributed by atoms with Gasteiger partial charge in [-0.25, -0.2) is 19.0 Å². The molecule has 0 radical (unpaired) electrons. The fourth-order valence-corrected chi connectivity index (χ4v) is 4.88. The first-order valence-electron chi connectivity index (χ1n) is 12.0. The van der Waals surface area contributed by atoms with Crippen molar-refractivity contribution in [2.45, 2.75) is 79.9 Å². The number of hydrogen-bond donors (Lipinski definition) is 1. The molecule has 1 saturated carbocycles. The summed E-state index contributed by atoms with van der Waals surface area (Å²) in [5.41, 5.74) is 7.52. The van der Waals surface area contributed by atoms with Crippen LogP contribution < -0.4 is 5.32 Å². The SMILES string of the molecule is Cc1nn(Cn2nc(C)c(NC(=O)c3cc(C4CC4)nc4c3c(C)nn4C(C)C)c2C)c(C)c1Br. The lowest BCUT2D eigenvalue weighted by Crippen LogP contribution is -2.16. The number of fused-ring (bicyclic) bond motifs is 1. The average Bonchev–Trinajstić information content (AvgIpc) is 3.52. The number of amides is 1. The van der Waals surface area contributed by atoms with Gasteiger partial charge in [0.05, 0.1) is 49.6 Å². The maximum absolute atomic E-state index is 13.7. The Morgan fingerprint density at radius 1 is 1.03 bits per heavy atom. The number of hydrogen-bond acceptors (Lipinski definition) is 5. The Morgan fingerprint density at radius 2 is 1.69 bits per heavy atom. The Hall–Kier alpha value is -3.01. The third-order valence-corrected chi connectivity index (χ3v) is 7.91. The van der Waals surface area contributed by atoms with Crippen LogP contribution in [-0.4, -0.2) is 40.2 Å². The van der Waals surface area contributed by atoms with Crippen LogP contribution in [0.3, 0.4) is 0 Å². The summed E-state index contributed by atoms with van der Waals surface area (Å²) in [7, 11) is 0. The van der Waals surface area contributed by atoms with Gasteiger partial charge in [0.15, 0.2) is 5.65 Å². The molecule has 10 heteroatoms. The van der Waals surface area contributed by atoms with Gasteiger partial charge in [-0.2, -0.15) is 15.3 Å². The van der Waals surface area contributed by atoms with Crippen molar-refractivity contribution in [3.05, 3.63) is 50.3 Å². The fourth-order valence-electron chi connectivity index (χ4n) is 4.60. The summed E-state index contributed by atoms with van der Waals surface area (Å²) in [6, 6.07) is 2.11. The second-order valence-corrected chi connectivity index (χ2v) is 10.6. The number of aromatic nitrogens is 7. The Morgan fingerprint density at radius 3 is 2.29 bits per heavy atom. The molecule has 0 saturated heterocycles. The number of carbonyl (C=O) groups excluding carboxylic acids is 1. The van der Waals surface area contributed by atoms with E-state index >= 15 is 0 Å². The van der Waals surface area contributed by atoms with Gasteiger partial charge in [-0.05, 0) is 83.3 Å². The highest BCUT2D eigenvalue weighted by Gasteiger charge is 2.29. The van der Waals surface area contributed by atoms with E-state index in [1.807, 2.05) is 54.7 Å². The van der Waals surface area contributed by atoms with Crippen LogP contribution in [0.4, 0.5) is 5.69 Å². The average molecular weight is 539 g/mol. The molecule has 4 aromatic heterocycles. The molecule has 184 valence electrons. The van der Waals surface area contributed by atoms with E-state index in [4.69, 9.17) is 15.2 Å². The number of aryl methyl sites for hydroxylation is 3. The minimum absolute atomic E-state index is 0.154. The van der Waals surface area contributed by atoms with E-state index in [9.17, 15) is 4.79 Å². The van der Waals surface area contributed by atoms with Crippen molar-refractivity contribution in [2.75, 3.05) is 5.32 Å². The molecule has 35 heavy (non-hydrogen) atoms. The molecule has 0 unspecified atom stereocenters. The Balaban J connectivity index is 1.52. The predicted molar refractivity (Wildman–Crippen MR) is 139 cm³/mol. The van der Waals surface area contributed by atoms with E-state index in [1.54, 1.807) is 0 Å². The number of rotatable bonds is 6. The van der Waals surface area contributed by atoms with E-state index < -0.39 is 0 Å². The molecule has 1 N–H and O–H groups in total. The van der Waals surface area contributed by atoms with Crippen LogP contribution in [0.5, 0.6) is 0 Å². The van der Waals surface area contributed by atoms with Crippen LogP contribution in [0.2, 0.25) is 0 Å². The molecule has 4 heterocycles.